The molecule has 3 N–H and O–H groups in total. The Kier molecular flexibility index (Phi) is 4.47. The highest BCUT2D eigenvalue weighted by atomic mass is 16.2. The van der Waals surface area contributed by atoms with Gasteiger partial charge in [-0.2, -0.15) is 0 Å². The summed E-state index contributed by atoms with van der Waals surface area (Å²) >= 11 is 0. The van der Waals surface area contributed by atoms with Gasteiger partial charge < -0.3 is 10.6 Å². The fourth-order valence-electron chi connectivity index (χ4n) is 5.89. The van der Waals surface area contributed by atoms with Crippen LogP contribution in [0, 0.1) is 0 Å². The number of carbonyl (C=O) groups excluding carboxylic acids is 3. The average Bonchev–Trinajstić information content (AvgIpc) is 3.35. The van der Waals surface area contributed by atoms with Crippen LogP contribution >= 0.6 is 0 Å². The molecule has 154 valence electrons. The Labute approximate surface area is 170 Å². The Balaban J connectivity index is 1.34. The number of hydrogen-bond acceptors (Lipinski definition) is 5. The van der Waals surface area contributed by atoms with Gasteiger partial charge in [0.2, 0.25) is 11.8 Å². The van der Waals surface area contributed by atoms with Gasteiger partial charge in [-0.1, -0.05) is 25.0 Å². The normalized spacial score (nSPS) is 29.0. The van der Waals surface area contributed by atoms with E-state index in [-0.39, 0.29) is 35.7 Å². The number of nitrogens with one attached hydrogen (secondary N) is 1. The minimum absolute atomic E-state index is 0.114. The molecule has 29 heavy (non-hydrogen) atoms. The molecule has 1 saturated carbocycles. The van der Waals surface area contributed by atoms with Crippen molar-refractivity contribution in [2.24, 2.45) is 5.73 Å². The van der Waals surface area contributed by atoms with Crippen LogP contribution in [-0.2, 0) is 22.7 Å². The van der Waals surface area contributed by atoms with Crippen molar-refractivity contribution in [2.45, 2.75) is 75.7 Å². The van der Waals surface area contributed by atoms with E-state index in [9.17, 15) is 14.4 Å². The lowest BCUT2D eigenvalue weighted by atomic mass is 9.92. The van der Waals surface area contributed by atoms with Gasteiger partial charge in [-0.3, -0.25) is 24.6 Å². The number of likely N-dealkylation sites (tertiary alicyclic amines) is 1. The molecule has 1 spiro atoms. The Hall–Kier alpha value is -2.25. The van der Waals surface area contributed by atoms with Gasteiger partial charge in [0, 0.05) is 43.2 Å². The Bertz CT molecular complexity index is 877. The molecule has 3 amide bonds. The van der Waals surface area contributed by atoms with Gasteiger partial charge >= 0.3 is 0 Å². The van der Waals surface area contributed by atoms with E-state index in [1.165, 1.54) is 31.2 Å². The Morgan fingerprint density at radius 3 is 2.72 bits per heavy atom. The fourth-order valence-corrected chi connectivity index (χ4v) is 5.89. The van der Waals surface area contributed by atoms with Gasteiger partial charge in [-0.25, -0.2) is 0 Å². The van der Waals surface area contributed by atoms with Gasteiger partial charge in [0.1, 0.15) is 6.04 Å². The zero-order chi connectivity index (χ0) is 20.2. The summed E-state index contributed by atoms with van der Waals surface area (Å²) in [5.41, 5.74) is 9.41. The number of nitrogens with two attached hydrogens (primary N) is 1. The monoisotopic (exact) mass is 396 g/mol. The molecule has 3 heterocycles. The summed E-state index contributed by atoms with van der Waals surface area (Å²) in [6, 6.07) is 5.74. The Morgan fingerprint density at radius 1 is 1.17 bits per heavy atom. The number of carbonyl (C=O) groups is 3. The van der Waals surface area contributed by atoms with Crippen molar-refractivity contribution in [1.29, 1.82) is 0 Å². The van der Waals surface area contributed by atoms with Gasteiger partial charge in [0.15, 0.2) is 0 Å². The summed E-state index contributed by atoms with van der Waals surface area (Å²) in [4.78, 5) is 40.7. The number of imide groups is 1. The lowest BCUT2D eigenvalue weighted by Gasteiger charge is -2.35. The first-order valence-electron chi connectivity index (χ1n) is 10.7. The topological polar surface area (TPSA) is 95.7 Å². The maximum absolute atomic E-state index is 12.9. The predicted molar refractivity (Wildman–Crippen MR) is 107 cm³/mol. The first-order chi connectivity index (χ1) is 13.9. The zero-order valence-corrected chi connectivity index (χ0v) is 16.7. The highest BCUT2D eigenvalue weighted by Crippen LogP contribution is 2.43. The molecule has 1 aromatic carbocycles. The first kappa shape index (κ1) is 18.8. The molecule has 2 unspecified atom stereocenters. The molecular weight excluding hydrogens is 368 g/mol. The SMILES string of the molecule is NC1CN(Cc2ccc3c(c2)CN(C2CCC(=O)NC2=O)C3=O)C2(CCCC2)C1. The van der Waals surface area contributed by atoms with E-state index >= 15 is 0 Å². The molecule has 0 bridgehead atoms. The zero-order valence-electron chi connectivity index (χ0n) is 16.7. The van der Waals surface area contributed by atoms with E-state index in [4.69, 9.17) is 5.73 Å². The van der Waals surface area contributed by atoms with E-state index in [2.05, 4.69) is 16.3 Å². The van der Waals surface area contributed by atoms with Crippen LogP contribution in [0.2, 0.25) is 0 Å². The number of hydrogen-bond donors (Lipinski definition) is 2. The highest BCUT2D eigenvalue weighted by Gasteiger charge is 2.46. The second kappa shape index (κ2) is 6.92. The Morgan fingerprint density at radius 2 is 1.97 bits per heavy atom. The highest BCUT2D eigenvalue weighted by molar-refractivity contribution is 6.05. The molecule has 0 aromatic heterocycles. The van der Waals surface area contributed by atoms with Crippen LogP contribution < -0.4 is 11.1 Å². The molecule has 1 aromatic rings. The molecule has 7 nitrogen and oxygen atoms in total. The van der Waals surface area contributed by atoms with Crippen LogP contribution in [0.25, 0.3) is 0 Å². The van der Waals surface area contributed by atoms with Gasteiger partial charge in [0.05, 0.1) is 0 Å². The molecule has 7 heteroatoms. The fraction of sp³-hybridized carbons (Fsp3) is 0.591. The molecule has 1 aliphatic carbocycles. The molecule has 3 aliphatic heterocycles. The second-order valence-corrected chi connectivity index (χ2v) is 9.17. The van der Waals surface area contributed by atoms with Crippen molar-refractivity contribution in [1.82, 2.24) is 15.1 Å². The molecule has 0 radical (unpaired) electrons. The smallest absolute Gasteiger partial charge is 0.255 e. The largest absolute Gasteiger partial charge is 0.326 e. The van der Waals surface area contributed by atoms with E-state index < -0.39 is 6.04 Å². The summed E-state index contributed by atoms with van der Waals surface area (Å²) in [6.45, 7) is 2.21. The lowest BCUT2D eigenvalue weighted by Crippen LogP contribution is -2.52. The second-order valence-electron chi connectivity index (χ2n) is 9.17. The number of rotatable bonds is 3. The molecule has 5 rings (SSSR count). The summed E-state index contributed by atoms with van der Waals surface area (Å²) in [5.74, 6) is -0.740. The van der Waals surface area contributed by atoms with E-state index in [1.807, 2.05) is 12.1 Å². The van der Waals surface area contributed by atoms with Gasteiger partial charge in [0.25, 0.3) is 5.91 Å². The van der Waals surface area contributed by atoms with Gasteiger partial charge in [-0.05, 0) is 42.9 Å². The predicted octanol–water partition coefficient (Wildman–Crippen LogP) is 1.29. The average molecular weight is 396 g/mol. The summed E-state index contributed by atoms with van der Waals surface area (Å²) < 4.78 is 0. The number of amides is 3. The van der Waals surface area contributed by atoms with Crippen LogP contribution in [0.15, 0.2) is 18.2 Å². The van der Waals surface area contributed by atoms with Crippen molar-refractivity contribution >= 4 is 17.7 Å². The molecule has 3 fully saturated rings. The lowest BCUT2D eigenvalue weighted by molar-refractivity contribution is -0.136. The minimum Gasteiger partial charge on any atom is -0.326 e. The quantitative estimate of drug-likeness (QED) is 0.751. The van der Waals surface area contributed by atoms with Crippen molar-refractivity contribution in [2.75, 3.05) is 6.54 Å². The minimum atomic E-state index is -0.561. The maximum Gasteiger partial charge on any atom is 0.255 e. The number of nitrogens with zero attached hydrogens (tertiary/aromatic N) is 2. The van der Waals surface area contributed by atoms with Crippen molar-refractivity contribution in [3.8, 4) is 0 Å². The van der Waals surface area contributed by atoms with Crippen LogP contribution in [-0.4, -0.2) is 51.7 Å². The molecular formula is C22H28N4O3. The third kappa shape index (κ3) is 3.16. The summed E-state index contributed by atoms with van der Waals surface area (Å²) in [6.07, 6.45) is 6.77. The maximum atomic E-state index is 12.9. The van der Waals surface area contributed by atoms with Crippen LogP contribution in [0.3, 0.4) is 0 Å². The van der Waals surface area contributed by atoms with E-state index in [1.54, 1.807) is 4.90 Å². The van der Waals surface area contributed by atoms with E-state index in [0.717, 1.165) is 25.1 Å². The third-order valence-electron chi connectivity index (χ3n) is 7.26. The molecule has 2 saturated heterocycles. The summed E-state index contributed by atoms with van der Waals surface area (Å²) in [7, 11) is 0. The number of fused-ring (bicyclic) bond motifs is 1. The van der Waals surface area contributed by atoms with Crippen LogP contribution in [0.5, 0.6) is 0 Å². The first-order valence-corrected chi connectivity index (χ1v) is 10.7. The third-order valence-corrected chi connectivity index (χ3v) is 7.26. The summed E-state index contributed by atoms with van der Waals surface area (Å²) in [5, 5.41) is 2.35. The van der Waals surface area contributed by atoms with Gasteiger partial charge in [-0.15, -0.1) is 0 Å². The molecule has 2 atom stereocenters. The van der Waals surface area contributed by atoms with Crippen molar-refractivity contribution < 1.29 is 14.4 Å². The van der Waals surface area contributed by atoms with Crippen LogP contribution in [0.1, 0.15) is 66.4 Å². The van der Waals surface area contributed by atoms with E-state index in [0.29, 0.717) is 18.5 Å². The van der Waals surface area contributed by atoms with Crippen LogP contribution in [0.4, 0.5) is 0 Å². The number of piperidine rings is 1. The number of benzene rings is 1. The van der Waals surface area contributed by atoms with Crippen molar-refractivity contribution in [3.05, 3.63) is 34.9 Å². The molecule has 4 aliphatic rings. The standard InChI is InChI=1S/C22H28N4O3/c23-16-10-22(7-1-2-8-22)25(13-16)11-14-3-4-17-15(9-14)12-26(21(17)29)18-5-6-19(27)24-20(18)28/h3-4,9,16,18H,1-2,5-8,10-13,23H2,(H,24,27,28). The van der Waals surface area contributed by atoms with Crippen molar-refractivity contribution in [3.63, 3.8) is 0 Å².